The fourth-order valence-corrected chi connectivity index (χ4v) is 7.38. The normalized spacial score (nSPS) is 14.5. The number of nitrogens with one attached hydrogen (secondary N) is 1. The zero-order valence-corrected chi connectivity index (χ0v) is 27.6. The molecule has 2 heterocycles. The van der Waals surface area contributed by atoms with Gasteiger partial charge in [0.25, 0.3) is 0 Å². The average Bonchev–Trinajstić information content (AvgIpc) is 3.57. The van der Waals surface area contributed by atoms with Crippen molar-refractivity contribution >= 4 is 55.2 Å². The number of aliphatic imine (C=N–C) groups is 2. The Morgan fingerprint density at radius 1 is 0.451 bits per heavy atom. The minimum atomic E-state index is -0.301. The fraction of sp³-hybridized carbons (Fsp3) is 0.0213. The Kier molecular flexibility index (Phi) is 6.85. The van der Waals surface area contributed by atoms with Crippen LogP contribution in [0.25, 0.3) is 65.7 Å². The van der Waals surface area contributed by atoms with E-state index < -0.39 is 0 Å². The summed E-state index contributed by atoms with van der Waals surface area (Å²) in [6, 6.07) is 61.7. The van der Waals surface area contributed by atoms with E-state index in [4.69, 9.17) is 14.4 Å². The van der Waals surface area contributed by atoms with Crippen LogP contribution < -0.4 is 5.32 Å². The van der Waals surface area contributed by atoms with Crippen LogP contribution in [0.5, 0.6) is 0 Å². The maximum Gasteiger partial charge on any atom is 0.159 e. The van der Waals surface area contributed by atoms with Gasteiger partial charge in [0.05, 0.1) is 0 Å². The molecule has 0 saturated carbocycles. The predicted octanol–water partition coefficient (Wildman–Crippen LogP) is 11.7. The first-order valence-corrected chi connectivity index (χ1v) is 17.3. The van der Waals surface area contributed by atoms with Crippen molar-refractivity contribution in [3.8, 4) is 22.3 Å². The summed E-state index contributed by atoms with van der Waals surface area (Å²) in [5, 5.41) is 10.6. The number of furan rings is 1. The number of hydrogen-bond acceptors (Lipinski definition) is 4. The van der Waals surface area contributed by atoms with Crippen LogP contribution in [0.4, 0.5) is 0 Å². The molecule has 1 aromatic heterocycles. The zero-order chi connectivity index (χ0) is 33.7. The van der Waals surface area contributed by atoms with Crippen molar-refractivity contribution in [3.63, 3.8) is 0 Å². The van der Waals surface area contributed by atoms with Crippen molar-refractivity contribution in [3.05, 3.63) is 193 Å². The number of benzene rings is 8. The summed E-state index contributed by atoms with van der Waals surface area (Å²) in [6.45, 7) is 0. The lowest BCUT2D eigenvalue weighted by atomic mass is 9.91. The molecule has 51 heavy (non-hydrogen) atoms. The highest BCUT2D eigenvalue weighted by atomic mass is 16.3. The van der Waals surface area contributed by atoms with E-state index >= 15 is 0 Å². The summed E-state index contributed by atoms with van der Waals surface area (Å²) < 4.78 is 6.68. The van der Waals surface area contributed by atoms with Crippen LogP contribution in [0.2, 0.25) is 0 Å². The Bertz CT molecular complexity index is 2810. The molecular weight excluding hydrogens is 623 g/mol. The molecule has 1 atom stereocenters. The molecule has 0 spiro atoms. The number of hydrogen-bond donors (Lipinski definition) is 1. The third kappa shape index (κ3) is 5.17. The monoisotopic (exact) mass is 653 g/mol. The van der Waals surface area contributed by atoms with Gasteiger partial charge in [-0.3, -0.25) is 0 Å². The van der Waals surface area contributed by atoms with Crippen LogP contribution >= 0.6 is 0 Å². The van der Waals surface area contributed by atoms with Gasteiger partial charge in [0.2, 0.25) is 0 Å². The highest BCUT2D eigenvalue weighted by Gasteiger charge is 2.22. The number of rotatable bonds is 5. The largest absolute Gasteiger partial charge is 0.456 e. The second-order valence-corrected chi connectivity index (χ2v) is 13.0. The smallest absolute Gasteiger partial charge is 0.159 e. The van der Waals surface area contributed by atoms with Crippen LogP contribution in [0.3, 0.4) is 0 Å². The predicted molar refractivity (Wildman–Crippen MR) is 211 cm³/mol. The molecule has 9 aromatic rings. The standard InChI is InChI=1S/C47H31N3O/c1-3-13-32(14-4-1)45-48-46(33-15-5-2-6-16-33)50-47(49-45)34-24-22-31(23-25-34)40-27-37(39-21-11-19-30-12-9-10-20-38(30)39)29-43-44(40)41-26-35-17-7-8-18-36(35)28-42(41)51-43/h1-29,47H,(H,48,49,50). The minimum Gasteiger partial charge on any atom is -0.456 e. The lowest BCUT2D eigenvalue weighted by Crippen LogP contribution is -2.33. The van der Waals surface area contributed by atoms with Gasteiger partial charge in [0.15, 0.2) is 5.84 Å². The van der Waals surface area contributed by atoms with Gasteiger partial charge in [0, 0.05) is 21.9 Å². The second kappa shape index (κ2) is 12.0. The fourth-order valence-electron chi connectivity index (χ4n) is 7.38. The molecule has 240 valence electrons. The molecule has 1 aliphatic heterocycles. The first-order valence-electron chi connectivity index (χ1n) is 17.3. The van der Waals surface area contributed by atoms with Crippen molar-refractivity contribution in [1.82, 2.24) is 5.32 Å². The maximum absolute atomic E-state index is 6.68. The highest BCUT2D eigenvalue weighted by molar-refractivity contribution is 6.17. The third-order valence-corrected chi connectivity index (χ3v) is 9.90. The molecule has 1 aliphatic rings. The Hall–Kier alpha value is -6.78. The lowest BCUT2D eigenvalue weighted by Gasteiger charge is -2.24. The molecule has 0 amide bonds. The average molecular weight is 654 g/mol. The van der Waals surface area contributed by atoms with Crippen molar-refractivity contribution in [2.24, 2.45) is 9.98 Å². The van der Waals surface area contributed by atoms with E-state index in [2.05, 4.69) is 145 Å². The van der Waals surface area contributed by atoms with Crippen LogP contribution in [0.15, 0.2) is 190 Å². The van der Waals surface area contributed by atoms with Gasteiger partial charge in [0.1, 0.15) is 23.2 Å². The van der Waals surface area contributed by atoms with Crippen molar-refractivity contribution in [2.45, 2.75) is 6.17 Å². The summed E-state index contributed by atoms with van der Waals surface area (Å²) in [6.07, 6.45) is -0.301. The third-order valence-electron chi connectivity index (χ3n) is 9.90. The van der Waals surface area contributed by atoms with E-state index in [1.165, 1.54) is 21.7 Å². The summed E-state index contributed by atoms with van der Waals surface area (Å²) in [7, 11) is 0. The molecular formula is C47H31N3O. The Morgan fingerprint density at radius 2 is 1.12 bits per heavy atom. The lowest BCUT2D eigenvalue weighted by molar-refractivity contribution is 0.669. The Balaban J connectivity index is 1.13. The van der Waals surface area contributed by atoms with Gasteiger partial charge >= 0.3 is 0 Å². The molecule has 8 aromatic carbocycles. The van der Waals surface area contributed by atoms with Crippen LogP contribution in [-0.2, 0) is 0 Å². The summed E-state index contributed by atoms with van der Waals surface area (Å²) in [5.74, 6) is 1.52. The van der Waals surface area contributed by atoms with Crippen LogP contribution in [0, 0.1) is 0 Å². The minimum absolute atomic E-state index is 0.301. The molecule has 1 unspecified atom stereocenters. The number of fused-ring (bicyclic) bond motifs is 5. The number of amidine groups is 2. The number of nitrogens with zero attached hydrogens (tertiary/aromatic N) is 2. The maximum atomic E-state index is 6.68. The highest BCUT2D eigenvalue weighted by Crippen LogP contribution is 2.42. The van der Waals surface area contributed by atoms with Crippen molar-refractivity contribution < 1.29 is 4.42 Å². The molecule has 0 saturated heterocycles. The SMILES string of the molecule is c1ccc(C2=NC(c3ccc(-c4cc(-c5cccc6ccccc56)cc5oc6cc7ccccc7cc6c45)cc3)NC(c3ccccc3)=N2)cc1. The molecule has 0 fully saturated rings. The second-order valence-electron chi connectivity index (χ2n) is 13.0. The topological polar surface area (TPSA) is 49.9 Å². The molecule has 4 nitrogen and oxygen atoms in total. The zero-order valence-electron chi connectivity index (χ0n) is 27.6. The van der Waals surface area contributed by atoms with Gasteiger partial charge in [-0.25, -0.2) is 9.98 Å². The molecule has 4 heteroatoms. The van der Waals surface area contributed by atoms with Crippen LogP contribution in [0.1, 0.15) is 22.9 Å². The quantitative estimate of drug-likeness (QED) is 0.201. The van der Waals surface area contributed by atoms with Gasteiger partial charge in [-0.15, -0.1) is 0 Å². The summed E-state index contributed by atoms with van der Waals surface area (Å²) >= 11 is 0. The van der Waals surface area contributed by atoms with Crippen molar-refractivity contribution in [2.75, 3.05) is 0 Å². The molecule has 0 radical (unpaired) electrons. The van der Waals surface area contributed by atoms with E-state index in [1.807, 2.05) is 36.4 Å². The Morgan fingerprint density at radius 3 is 1.90 bits per heavy atom. The van der Waals surface area contributed by atoms with E-state index in [-0.39, 0.29) is 6.17 Å². The van der Waals surface area contributed by atoms with Gasteiger partial charge in [-0.2, -0.15) is 0 Å². The van der Waals surface area contributed by atoms with E-state index in [1.54, 1.807) is 0 Å². The van der Waals surface area contributed by atoms with E-state index in [0.29, 0.717) is 5.84 Å². The molecule has 10 rings (SSSR count). The summed E-state index contributed by atoms with van der Waals surface area (Å²) in [5.41, 5.74) is 9.38. The first kappa shape index (κ1) is 29.2. The van der Waals surface area contributed by atoms with Crippen molar-refractivity contribution in [1.29, 1.82) is 0 Å². The molecule has 0 bridgehead atoms. The van der Waals surface area contributed by atoms with Gasteiger partial charge < -0.3 is 9.73 Å². The van der Waals surface area contributed by atoms with Crippen LogP contribution in [-0.4, -0.2) is 11.7 Å². The summed E-state index contributed by atoms with van der Waals surface area (Å²) in [4.78, 5) is 10.0. The van der Waals surface area contributed by atoms with E-state index in [9.17, 15) is 0 Å². The molecule has 0 aliphatic carbocycles. The first-order chi connectivity index (χ1) is 25.2. The van der Waals surface area contributed by atoms with E-state index in [0.717, 1.165) is 66.5 Å². The van der Waals surface area contributed by atoms with Gasteiger partial charge in [-0.1, -0.05) is 152 Å². The van der Waals surface area contributed by atoms with Gasteiger partial charge in [-0.05, 0) is 73.6 Å². The molecule has 1 N–H and O–H groups in total. The Labute approximate surface area is 295 Å².